The topological polar surface area (TPSA) is 114 Å². The predicted octanol–water partition coefficient (Wildman–Crippen LogP) is 6.82. The number of para-hydroxylation sites is 2. The fourth-order valence-corrected chi connectivity index (χ4v) is 5.96. The molecule has 1 amide bonds. The quantitative estimate of drug-likeness (QED) is 0.112. The lowest BCUT2D eigenvalue weighted by atomic mass is 10.2. The zero-order valence-corrected chi connectivity index (χ0v) is 23.4. The van der Waals surface area contributed by atoms with Crippen LogP contribution in [0, 0.1) is 0 Å². The van der Waals surface area contributed by atoms with Crippen LogP contribution >= 0.6 is 7.37 Å². The van der Waals surface area contributed by atoms with E-state index in [4.69, 9.17) is 14.2 Å². The van der Waals surface area contributed by atoms with Crippen LogP contribution in [0.4, 0.5) is 4.79 Å². The van der Waals surface area contributed by atoms with Crippen molar-refractivity contribution in [2.45, 2.75) is 44.3 Å². The summed E-state index contributed by atoms with van der Waals surface area (Å²) < 4.78 is 30.6. The molecule has 4 rings (SSSR count). The number of aliphatic hydroxyl groups excluding tert-OH is 1. The van der Waals surface area contributed by atoms with Crippen molar-refractivity contribution in [1.29, 1.82) is 0 Å². The van der Waals surface area contributed by atoms with E-state index in [0.29, 0.717) is 17.1 Å². The molecule has 0 fully saturated rings. The molecule has 0 radical (unpaired) electrons. The first-order chi connectivity index (χ1) is 19.9. The third kappa shape index (κ3) is 9.88. The summed E-state index contributed by atoms with van der Waals surface area (Å²) in [4.78, 5) is 24.0. The first-order valence-electron chi connectivity index (χ1n) is 13.3. The molecule has 0 aromatic heterocycles. The van der Waals surface area contributed by atoms with E-state index < -0.39 is 25.5 Å². The highest BCUT2D eigenvalue weighted by molar-refractivity contribution is 7.57. The van der Waals surface area contributed by atoms with Gasteiger partial charge in [0.25, 0.3) is 0 Å². The van der Waals surface area contributed by atoms with Crippen molar-refractivity contribution in [3.05, 3.63) is 132 Å². The molecule has 3 unspecified atom stereocenters. The maximum absolute atomic E-state index is 13.8. The highest BCUT2D eigenvalue weighted by Gasteiger charge is 2.34. The van der Waals surface area contributed by atoms with Gasteiger partial charge in [0.1, 0.15) is 23.9 Å². The van der Waals surface area contributed by atoms with Crippen LogP contribution in [0.5, 0.6) is 11.5 Å². The Morgan fingerprint density at radius 1 is 0.756 bits per heavy atom. The molecule has 4 aromatic rings. The zero-order chi connectivity index (χ0) is 28.9. The summed E-state index contributed by atoms with van der Waals surface area (Å²) >= 11 is 0. The van der Waals surface area contributed by atoms with Gasteiger partial charge in [-0.2, -0.15) is 0 Å². The molecule has 0 heterocycles. The number of carbonyl (C=O) groups excluding carboxylic acids is 1. The van der Waals surface area contributed by atoms with E-state index >= 15 is 0 Å². The van der Waals surface area contributed by atoms with Crippen molar-refractivity contribution >= 4 is 13.5 Å². The second kappa shape index (κ2) is 15.2. The van der Waals surface area contributed by atoms with Gasteiger partial charge in [0.05, 0.1) is 12.8 Å². The van der Waals surface area contributed by atoms with Crippen LogP contribution < -0.4 is 10.1 Å². The number of hydrogen-bond acceptors (Lipinski definition) is 6. The standard InChI is InChI=1S/C32H34NO7P/c34-31(38-22-25-12-4-1-5-13-25)21-20-30(33-32(35)39-23-26-14-6-2-7-15-26)41(36,37)24-27-16-10-11-19-29(27)40-28-17-8-3-9-18-28/h1-19,30-31,34H,20-24H2,(H,33,35)(H,36,37). The summed E-state index contributed by atoms with van der Waals surface area (Å²) in [5, 5.41) is 13.0. The maximum Gasteiger partial charge on any atom is 0.408 e. The average Bonchev–Trinajstić information content (AvgIpc) is 2.99. The molecule has 8 nitrogen and oxygen atoms in total. The highest BCUT2D eigenvalue weighted by atomic mass is 31.2. The number of carbonyl (C=O) groups is 1. The third-order valence-corrected chi connectivity index (χ3v) is 8.45. The first-order valence-corrected chi connectivity index (χ1v) is 15.2. The lowest BCUT2D eigenvalue weighted by Gasteiger charge is -2.26. The van der Waals surface area contributed by atoms with Crippen LogP contribution in [0.2, 0.25) is 0 Å². The van der Waals surface area contributed by atoms with Crippen LogP contribution in [0.3, 0.4) is 0 Å². The van der Waals surface area contributed by atoms with Crippen molar-refractivity contribution in [2.75, 3.05) is 0 Å². The Labute approximate surface area is 240 Å². The lowest BCUT2D eigenvalue weighted by Crippen LogP contribution is -2.36. The van der Waals surface area contributed by atoms with Gasteiger partial charge >= 0.3 is 6.09 Å². The second-order valence-corrected chi connectivity index (χ2v) is 11.9. The fourth-order valence-electron chi connectivity index (χ4n) is 4.13. The molecule has 4 aromatic carbocycles. The number of alkyl carbamates (subject to hydrolysis) is 1. The first kappa shape index (κ1) is 30.0. The smallest absolute Gasteiger partial charge is 0.408 e. The molecule has 3 N–H and O–H groups in total. The van der Waals surface area contributed by atoms with Gasteiger partial charge in [-0.25, -0.2) is 4.79 Å². The van der Waals surface area contributed by atoms with Gasteiger partial charge in [0, 0.05) is 12.0 Å². The minimum Gasteiger partial charge on any atom is -0.457 e. The van der Waals surface area contributed by atoms with Crippen LogP contribution in [0.1, 0.15) is 29.5 Å². The summed E-state index contributed by atoms with van der Waals surface area (Å²) in [6.45, 7) is 0.186. The average molecular weight is 576 g/mol. The second-order valence-electron chi connectivity index (χ2n) is 9.49. The van der Waals surface area contributed by atoms with Gasteiger partial charge in [0.15, 0.2) is 6.29 Å². The number of benzene rings is 4. The van der Waals surface area contributed by atoms with E-state index in [1.54, 1.807) is 36.4 Å². The molecule has 0 aliphatic rings. The van der Waals surface area contributed by atoms with Crippen LogP contribution in [-0.2, 0) is 33.4 Å². The number of aliphatic hydroxyl groups is 1. The molecule has 214 valence electrons. The molecule has 3 atom stereocenters. The number of amides is 1. The van der Waals surface area contributed by atoms with Crippen LogP contribution in [-0.4, -0.2) is 28.2 Å². The summed E-state index contributed by atoms with van der Waals surface area (Å²) in [5.74, 6) is -0.180. The predicted molar refractivity (Wildman–Crippen MR) is 157 cm³/mol. The maximum atomic E-state index is 13.8. The van der Waals surface area contributed by atoms with E-state index in [0.717, 1.165) is 11.1 Å². The van der Waals surface area contributed by atoms with Gasteiger partial charge in [0.2, 0.25) is 7.37 Å². The van der Waals surface area contributed by atoms with Crippen LogP contribution in [0.25, 0.3) is 0 Å². The fraction of sp³-hybridized carbons (Fsp3) is 0.219. The van der Waals surface area contributed by atoms with Gasteiger partial charge < -0.3 is 29.5 Å². The van der Waals surface area contributed by atoms with Gasteiger partial charge in [-0.15, -0.1) is 0 Å². The van der Waals surface area contributed by atoms with E-state index in [2.05, 4.69) is 5.32 Å². The Hall–Kier alpha value is -3.94. The highest BCUT2D eigenvalue weighted by Crippen LogP contribution is 2.51. The Balaban J connectivity index is 1.44. The Morgan fingerprint density at radius 3 is 1.98 bits per heavy atom. The molecule has 0 saturated carbocycles. The monoisotopic (exact) mass is 575 g/mol. The number of rotatable bonds is 14. The van der Waals surface area contributed by atoms with E-state index in [-0.39, 0.29) is 32.2 Å². The summed E-state index contributed by atoms with van der Waals surface area (Å²) in [5.41, 5.74) is 2.17. The Bertz CT molecular complexity index is 1400. The lowest BCUT2D eigenvalue weighted by molar-refractivity contribution is -0.112. The normalized spacial score (nSPS) is 13.9. The van der Waals surface area contributed by atoms with Crippen molar-refractivity contribution in [1.82, 2.24) is 5.32 Å². The van der Waals surface area contributed by atoms with Crippen molar-refractivity contribution < 1.29 is 33.6 Å². The molecule has 9 heteroatoms. The molecular formula is C32H34NO7P. The van der Waals surface area contributed by atoms with Crippen molar-refractivity contribution in [3.63, 3.8) is 0 Å². The molecule has 0 aliphatic carbocycles. The minimum atomic E-state index is -4.10. The summed E-state index contributed by atoms with van der Waals surface area (Å²) in [6.07, 6.45) is -2.30. The zero-order valence-electron chi connectivity index (χ0n) is 22.5. The Kier molecular flexibility index (Phi) is 11.1. The largest absolute Gasteiger partial charge is 0.457 e. The molecule has 0 spiro atoms. The SMILES string of the molecule is O=C(NC(CCC(O)OCc1ccccc1)P(=O)(O)Cc1ccccc1Oc1ccccc1)OCc1ccccc1. The minimum absolute atomic E-state index is 0.00564. The van der Waals surface area contributed by atoms with Crippen molar-refractivity contribution in [3.8, 4) is 11.5 Å². The summed E-state index contributed by atoms with van der Waals surface area (Å²) in [7, 11) is -4.10. The molecule has 41 heavy (non-hydrogen) atoms. The van der Waals surface area contributed by atoms with E-state index in [1.807, 2.05) is 78.9 Å². The number of nitrogens with one attached hydrogen (secondary N) is 1. The number of hydrogen-bond donors (Lipinski definition) is 3. The number of ether oxygens (including phenoxy) is 3. The van der Waals surface area contributed by atoms with Gasteiger partial charge in [-0.1, -0.05) is 97.1 Å². The van der Waals surface area contributed by atoms with Gasteiger partial charge in [-0.3, -0.25) is 4.57 Å². The molecule has 0 saturated heterocycles. The third-order valence-electron chi connectivity index (χ3n) is 6.30. The molecular weight excluding hydrogens is 541 g/mol. The van der Waals surface area contributed by atoms with Crippen molar-refractivity contribution in [2.24, 2.45) is 0 Å². The van der Waals surface area contributed by atoms with E-state index in [9.17, 15) is 19.4 Å². The van der Waals surface area contributed by atoms with Gasteiger partial charge in [-0.05, 0) is 35.7 Å². The molecule has 0 bridgehead atoms. The van der Waals surface area contributed by atoms with Crippen LogP contribution in [0.15, 0.2) is 115 Å². The summed E-state index contributed by atoms with van der Waals surface area (Å²) in [6, 6.07) is 34.6. The molecule has 0 aliphatic heterocycles. The Morgan fingerprint density at radius 2 is 1.32 bits per heavy atom. The van der Waals surface area contributed by atoms with E-state index in [1.165, 1.54) is 0 Å².